The standard InChI is InChI=1S/C14H20O2/c1-2-16-12-6-9-14(15)11-10-13-7-4-3-5-8-13/h3-5,7-8H,2,6,9-12H2,1H3. The van der Waals surface area contributed by atoms with Gasteiger partial charge in [0.05, 0.1) is 0 Å². The number of carbonyl (C=O) groups excluding carboxylic acids is 1. The maximum absolute atomic E-state index is 11.5. The summed E-state index contributed by atoms with van der Waals surface area (Å²) in [6.07, 6.45) is 3.00. The fourth-order valence-electron chi connectivity index (χ4n) is 1.57. The van der Waals surface area contributed by atoms with E-state index in [1.165, 1.54) is 5.56 Å². The molecule has 0 aliphatic carbocycles. The van der Waals surface area contributed by atoms with Gasteiger partial charge in [-0.25, -0.2) is 0 Å². The third kappa shape index (κ3) is 5.66. The number of hydrogen-bond acceptors (Lipinski definition) is 2. The maximum Gasteiger partial charge on any atom is 0.133 e. The Morgan fingerprint density at radius 1 is 1.19 bits per heavy atom. The summed E-state index contributed by atoms with van der Waals surface area (Å²) in [7, 11) is 0. The highest BCUT2D eigenvalue weighted by molar-refractivity contribution is 5.78. The second-order valence-corrected chi connectivity index (χ2v) is 3.82. The summed E-state index contributed by atoms with van der Waals surface area (Å²) in [5, 5.41) is 0. The van der Waals surface area contributed by atoms with Crippen LogP contribution in [0.5, 0.6) is 0 Å². The van der Waals surface area contributed by atoms with Gasteiger partial charge in [-0.3, -0.25) is 4.79 Å². The number of hydrogen-bond donors (Lipinski definition) is 0. The van der Waals surface area contributed by atoms with Gasteiger partial charge in [0, 0.05) is 26.1 Å². The molecule has 0 fully saturated rings. The lowest BCUT2D eigenvalue weighted by atomic mass is 10.1. The number of aryl methyl sites for hydroxylation is 1. The van der Waals surface area contributed by atoms with Gasteiger partial charge in [-0.15, -0.1) is 0 Å². The Balaban J connectivity index is 2.11. The zero-order valence-corrected chi connectivity index (χ0v) is 9.95. The van der Waals surface area contributed by atoms with Crippen LogP contribution in [0.1, 0.15) is 31.7 Å². The molecule has 2 nitrogen and oxygen atoms in total. The Bertz CT molecular complexity index is 293. The fourth-order valence-corrected chi connectivity index (χ4v) is 1.57. The van der Waals surface area contributed by atoms with Gasteiger partial charge in [-0.05, 0) is 25.3 Å². The van der Waals surface area contributed by atoms with Crippen LogP contribution in [0, 0.1) is 0 Å². The molecule has 1 rings (SSSR count). The van der Waals surface area contributed by atoms with Crippen molar-refractivity contribution in [2.75, 3.05) is 13.2 Å². The molecule has 0 aliphatic heterocycles. The molecule has 0 amide bonds. The number of ether oxygens (including phenoxy) is 1. The molecule has 16 heavy (non-hydrogen) atoms. The third-order valence-corrected chi connectivity index (χ3v) is 2.48. The first-order valence-electron chi connectivity index (χ1n) is 5.96. The minimum atomic E-state index is 0.337. The number of ketones is 1. The normalized spacial score (nSPS) is 10.3. The Morgan fingerprint density at radius 2 is 1.94 bits per heavy atom. The molecule has 0 aromatic heterocycles. The zero-order valence-electron chi connectivity index (χ0n) is 9.95. The van der Waals surface area contributed by atoms with E-state index in [0.717, 1.165) is 19.4 Å². The highest BCUT2D eigenvalue weighted by Gasteiger charge is 2.02. The topological polar surface area (TPSA) is 26.3 Å². The molecule has 1 aromatic carbocycles. The predicted octanol–water partition coefficient (Wildman–Crippen LogP) is 3.01. The Kier molecular flexibility index (Phi) is 6.50. The molecule has 2 heteroatoms. The Hall–Kier alpha value is -1.15. The Morgan fingerprint density at radius 3 is 2.62 bits per heavy atom. The molecule has 1 aromatic rings. The summed E-state index contributed by atoms with van der Waals surface area (Å²) in [4.78, 5) is 11.5. The van der Waals surface area contributed by atoms with E-state index < -0.39 is 0 Å². The van der Waals surface area contributed by atoms with Crippen LogP contribution in [0.4, 0.5) is 0 Å². The van der Waals surface area contributed by atoms with Crippen molar-refractivity contribution in [1.82, 2.24) is 0 Å². The Labute approximate surface area is 97.6 Å². The predicted molar refractivity (Wildman–Crippen MR) is 65.5 cm³/mol. The van der Waals surface area contributed by atoms with Gasteiger partial charge in [0.15, 0.2) is 0 Å². The summed E-state index contributed by atoms with van der Waals surface area (Å²) in [6, 6.07) is 10.1. The largest absolute Gasteiger partial charge is 0.382 e. The smallest absolute Gasteiger partial charge is 0.133 e. The molecule has 0 saturated carbocycles. The van der Waals surface area contributed by atoms with Crippen LogP contribution >= 0.6 is 0 Å². The second-order valence-electron chi connectivity index (χ2n) is 3.82. The van der Waals surface area contributed by atoms with Crippen molar-refractivity contribution < 1.29 is 9.53 Å². The first kappa shape index (κ1) is 12.9. The van der Waals surface area contributed by atoms with E-state index >= 15 is 0 Å². The monoisotopic (exact) mass is 220 g/mol. The SMILES string of the molecule is CCOCCCC(=O)CCc1ccccc1. The van der Waals surface area contributed by atoms with Gasteiger partial charge in [0.2, 0.25) is 0 Å². The molecule has 0 bridgehead atoms. The van der Waals surface area contributed by atoms with Crippen LogP contribution in [0.2, 0.25) is 0 Å². The van der Waals surface area contributed by atoms with Crippen molar-refractivity contribution in [1.29, 1.82) is 0 Å². The van der Waals surface area contributed by atoms with Gasteiger partial charge >= 0.3 is 0 Å². The zero-order chi connectivity index (χ0) is 11.6. The minimum absolute atomic E-state index is 0.337. The van der Waals surface area contributed by atoms with Crippen LogP contribution in [0.3, 0.4) is 0 Å². The lowest BCUT2D eigenvalue weighted by molar-refractivity contribution is -0.119. The van der Waals surface area contributed by atoms with E-state index in [2.05, 4.69) is 12.1 Å². The third-order valence-electron chi connectivity index (χ3n) is 2.48. The number of rotatable bonds is 8. The summed E-state index contributed by atoms with van der Waals surface area (Å²) in [6.45, 7) is 3.41. The molecule has 0 radical (unpaired) electrons. The van der Waals surface area contributed by atoms with Crippen molar-refractivity contribution in [3.8, 4) is 0 Å². The molecule has 0 heterocycles. The van der Waals surface area contributed by atoms with Crippen LogP contribution in [-0.2, 0) is 16.0 Å². The van der Waals surface area contributed by atoms with E-state index in [9.17, 15) is 4.79 Å². The van der Waals surface area contributed by atoms with Crippen molar-refractivity contribution in [3.63, 3.8) is 0 Å². The summed E-state index contributed by atoms with van der Waals surface area (Å²) >= 11 is 0. The summed E-state index contributed by atoms with van der Waals surface area (Å²) in [5.41, 5.74) is 1.24. The lowest BCUT2D eigenvalue weighted by Gasteiger charge is -2.02. The van der Waals surface area contributed by atoms with Crippen molar-refractivity contribution in [2.45, 2.75) is 32.6 Å². The number of benzene rings is 1. The first-order chi connectivity index (χ1) is 7.83. The highest BCUT2D eigenvalue weighted by atomic mass is 16.5. The highest BCUT2D eigenvalue weighted by Crippen LogP contribution is 2.05. The van der Waals surface area contributed by atoms with E-state index in [4.69, 9.17) is 4.74 Å². The van der Waals surface area contributed by atoms with Gasteiger partial charge in [0.25, 0.3) is 0 Å². The average Bonchev–Trinajstić information content (AvgIpc) is 2.33. The molecular weight excluding hydrogens is 200 g/mol. The van der Waals surface area contributed by atoms with Crippen LogP contribution < -0.4 is 0 Å². The minimum Gasteiger partial charge on any atom is -0.382 e. The van der Waals surface area contributed by atoms with Crippen LogP contribution in [0.15, 0.2) is 30.3 Å². The fraction of sp³-hybridized carbons (Fsp3) is 0.500. The average molecular weight is 220 g/mol. The second kappa shape index (κ2) is 8.05. The maximum atomic E-state index is 11.5. The van der Waals surface area contributed by atoms with Crippen molar-refractivity contribution >= 4 is 5.78 Å². The van der Waals surface area contributed by atoms with Crippen LogP contribution in [-0.4, -0.2) is 19.0 Å². The number of Topliss-reactive ketones (excluding diaryl/α,β-unsaturated/α-hetero) is 1. The van der Waals surface area contributed by atoms with Gasteiger partial charge in [-0.2, -0.15) is 0 Å². The molecule has 0 unspecified atom stereocenters. The van der Waals surface area contributed by atoms with E-state index in [1.807, 2.05) is 25.1 Å². The van der Waals surface area contributed by atoms with E-state index in [-0.39, 0.29) is 0 Å². The quantitative estimate of drug-likeness (QED) is 0.629. The van der Waals surface area contributed by atoms with Crippen molar-refractivity contribution in [3.05, 3.63) is 35.9 Å². The lowest BCUT2D eigenvalue weighted by Crippen LogP contribution is -2.03. The first-order valence-corrected chi connectivity index (χ1v) is 5.96. The molecule has 0 atom stereocenters. The molecule has 0 aliphatic rings. The van der Waals surface area contributed by atoms with Gasteiger partial charge in [-0.1, -0.05) is 30.3 Å². The van der Waals surface area contributed by atoms with E-state index in [0.29, 0.717) is 25.2 Å². The van der Waals surface area contributed by atoms with Crippen LogP contribution in [0.25, 0.3) is 0 Å². The number of carbonyl (C=O) groups is 1. The van der Waals surface area contributed by atoms with Gasteiger partial charge in [0.1, 0.15) is 5.78 Å². The van der Waals surface area contributed by atoms with Crippen molar-refractivity contribution in [2.24, 2.45) is 0 Å². The van der Waals surface area contributed by atoms with Gasteiger partial charge < -0.3 is 4.74 Å². The summed E-state index contributed by atoms with van der Waals surface area (Å²) < 4.78 is 5.19. The molecule has 0 N–H and O–H groups in total. The summed E-state index contributed by atoms with van der Waals surface area (Å²) in [5.74, 6) is 0.337. The molecule has 88 valence electrons. The molecule has 0 spiro atoms. The van der Waals surface area contributed by atoms with E-state index in [1.54, 1.807) is 0 Å². The molecular formula is C14H20O2. The molecule has 0 saturated heterocycles.